The third-order valence-electron chi connectivity index (χ3n) is 3.41. The summed E-state index contributed by atoms with van der Waals surface area (Å²) < 4.78 is 0. The zero-order valence-electron chi connectivity index (χ0n) is 12.2. The molecule has 0 saturated heterocycles. The average molecular weight is 255 g/mol. The van der Waals surface area contributed by atoms with E-state index in [1.807, 2.05) is 0 Å². The molecule has 0 bridgehead atoms. The Morgan fingerprint density at radius 1 is 1.33 bits per heavy atom. The molecule has 18 heavy (non-hydrogen) atoms. The highest BCUT2D eigenvalue weighted by Gasteiger charge is 2.34. The lowest BCUT2D eigenvalue weighted by Crippen LogP contribution is -2.44. The fourth-order valence-electron chi connectivity index (χ4n) is 1.85. The number of hydrogen-bond acceptors (Lipinski definition) is 2. The molecule has 0 aliphatic rings. The van der Waals surface area contributed by atoms with E-state index in [1.165, 1.54) is 19.3 Å². The van der Waals surface area contributed by atoms with Gasteiger partial charge in [-0.1, -0.05) is 45.1 Å². The third-order valence-corrected chi connectivity index (χ3v) is 3.41. The van der Waals surface area contributed by atoms with Gasteiger partial charge in [-0.25, -0.2) is 0 Å². The van der Waals surface area contributed by atoms with Crippen molar-refractivity contribution in [1.82, 2.24) is 5.32 Å². The van der Waals surface area contributed by atoms with E-state index < -0.39 is 11.5 Å². The largest absolute Gasteiger partial charge is 0.392 e. The molecule has 0 fully saturated rings. The van der Waals surface area contributed by atoms with Crippen LogP contribution in [-0.2, 0) is 4.79 Å². The standard InChI is InChI=1S/C15H29NO2/c1-5-7-8-9-10-11-13(17)15(3,4)14(18)16-12-6-2/h6,13,17H,2,5,7-12H2,1,3-4H3,(H,16,18). The van der Waals surface area contributed by atoms with Crippen LogP contribution in [0.25, 0.3) is 0 Å². The molecule has 2 N–H and O–H groups in total. The van der Waals surface area contributed by atoms with Crippen LogP contribution in [0.3, 0.4) is 0 Å². The van der Waals surface area contributed by atoms with Gasteiger partial charge in [0.25, 0.3) is 0 Å². The van der Waals surface area contributed by atoms with Crippen molar-refractivity contribution in [3.63, 3.8) is 0 Å². The quantitative estimate of drug-likeness (QED) is 0.465. The van der Waals surface area contributed by atoms with Crippen LogP contribution in [0.2, 0.25) is 0 Å². The van der Waals surface area contributed by atoms with E-state index in [-0.39, 0.29) is 5.91 Å². The first-order valence-electron chi connectivity index (χ1n) is 7.04. The van der Waals surface area contributed by atoms with Crippen LogP contribution >= 0.6 is 0 Å². The number of aliphatic hydroxyl groups excluding tert-OH is 1. The number of rotatable bonds is 10. The van der Waals surface area contributed by atoms with Crippen LogP contribution in [0.5, 0.6) is 0 Å². The Balaban J connectivity index is 4.00. The molecule has 106 valence electrons. The first-order chi connectivity index (χ1) is 8.46. The lowest BCUT2D eigenvalue weighted by Gasteiger charge is -2.29. The minimum atomic E-state index is -0.728. The molecule has 0 spiro atoms. The number of aliphatic hydroxyl groups is 1. The van der Waals surface area contributed by atoms with Crippen LogP contribution in [0.4, 0.5) is 0 Å². The smallest absolute Gasteiger partial charge is 0.228 e. The maximum Gasteiger partial charge on any atom is 0.228 e. The second-order valence-electron chi connectivity index (χ2n) is 5.44. The molecule has 0 saturated carbocycles. The Labute approximate surface area is 112 Å². The molecule has 0 aromatic rings. The van der Waals surface area contributed by atoms with Crippen molar-refractivity contribution < 1.29 is 9.90 Å². The Bertz CT molecular complexity index is 249. The van der Waals surface area contributed by atoms with E-state index in [2.05, 4.69) is 18.8 Å². The van der Waals surface area contributed by atoms with Crippen molar-refractivity contribution >= 4 is 5.91 Å². The highest BCUT2D eigenvalue weighted by molar-refractivity contribution is 5.82. The van der Waals surface area contributed by atoms with E-state index in [9.17, 15) is 9.90 Å². The van der Waals surface area contributed by atoms with Crippen molar-refractivity contribution in [3.8, 4) is 0 Å². The summed E-state index contributed by atoms with van der Waals surface area (Å²) in [6, 6.07) is 0. The van der Waals surface area contributed by atoms with Gasteiger partial charge in [-0.2, -0.15) is 0 Å². The van der Waals surface area contributed by atoms with Gasteiger partial charge in [0.1, 0.15) is 0 Å². The number of amides is 1. The molecule has 0 aliphatic carbocycles. The number of carbonyl (C=O) groups is 1. The van der Waals surface area contributed by atoms with Crippen molar-refractivity contribution in [3.05, 3.63) is 12.7 Å². The van der Waals surface area contributed by atoms with Crippen molar-refractivity contribution in [2.24, 2.45) is 5.41 Å². The molecule has 0 aliphatic heterocycles. The Hall–Kier alpha value is -0.830. The lowest BCUT2D eigenvalue weighted by atomic mass is 9.82. The van der Waals surface area contributed by atoms with E-state index in [0.717, 1.165) is 12.8 Å². The molecule has 0 aromatic carbocycles. The Kier molecular flexibility index (Phi) is 8.73. The average Bonchev–Trinajstić information content (AvgIpc) is 2.35. The summed E-state index contributed by atoms with van der Waals surface area (Å²) in [7, 11) is 0. The van der Waals surface area contributed by atoms with Crippen molar-refractivity contribution in [1.29, 1.82) is 0 Å². The summed E-state index contributed by atoms with van der Waals surface area (Å²) in [6.07, 6.45) is 7.56. The monoisotopic (exact) mass is 255 g/mol. The minimum Gasteiger partial charge on any atom is -0.392 e. The van der Waals surface area contributed by atoms with Crippen molar-refractivity contribution in [2.45, 2.75) is 65.4 Å². The second-order valence-corrected chi connectivity index (χ2v) is 5.44. The summed E-state index contributed by atoms with van der Waals surface area (Å²) in [5.41, 5.74) is -0.728. The topological polar surface area (TPSA) is 49.3 Å². The van der Waals surface area contributed by atoms with E-state index in [0.29, 0.717) is 13.0 Å². The number of hydrogen-bond donors (Lipinski definition) is 2. The van der Waals surface area contributed by atoms with Crippen LogP contribution in [0.1, 0.15) is 59.3 Å². The summed E-state index contributed by atoms with van der Waals surface area (Å²) in [5.74, 6) is -0.108. The maximum atomic E-state index is 11.9. The molecule has 0 radical (unpaired) electrons. The normalized spacial score (nSPS) is 13.1. The molecule has 3 nitrogen and oxygen atoms in total. The molecule has 0 aromatic heterocycles. The van der Waals surface area contributed by atoms with E-state index >= 15 is 0 Å². The fourth-order valence-corrected chi connectivity index (χ4v) is 1.85. The van der Waals surface area contributed by atoms with Gasteiger partial charge >= 0.3 is 0 Å². The van der Waals surface area contributed by atoms with Crippen LogP contribution in [-0.4, -0.2) is 23.7 Å². The second kappa shape index (κ2) is 9.15. The molecule has 1 unspecified atom stereocenters. The van der Waals surface area contributed by atoms with Gasteiger partial charge in [0.15, 0.2) is 0 Å². The van der Waals surface area contributed by atoms with Gasteiger partial charge in [-0.3, -0.25) is 4.79 Å². The Morgan fingerprint density at radius 3 is 2.50 bits per heavy atom. The molecular weight excluding hydrogens is 226 g/mol. The molecule has 0 rings (SSSR count). The van der Waals surface area contributed by atoms with Gasteiger partial charge < -0.3 is 10.4 Å². The minimum absolute atomic E-state index is 0.108. The molecule has 0 heterocycles. The van der Waals surface area contributed by atoms with Gasteiger partial charge in [-0.05, 0) is 20.3 Å². The van der Waals surface area contributed by atoms with Crippen LogP contribution in [0, 0.1) is 5.41 Å². The van der Waals surface area contributed by atoms with Crippen LogP contribution in [0.15, 0.2) is 12.7 Å². The highest BCUT2D eigenvalue weighted by atomic mass is 16.3. The Morgan fingerprint density at radius 2 is 1.94 bits per heavy atom. The predicted molar refractivity (Wildman–Crippen MR) is 76.4 cm³/mol. The first kappa shape index (κ1) is 17.2. The molecule has 1 atom stereocenters. The molecular formula is C15H29NO2. The highest BCUT2D eigenvalue weighted by Crippen LogP contribution is 2.25. The predicted octanol–water partition coefficient (Wildman–Crippen LogP) is 3.04. The van der Waals surface area contributed by atoms with Crippen molar-refractivity contribution in [2.75, 3.05) is 6.54 Å². The zero-order chi connectivity index (χ0) is 14.0. The summed E-state index contributed by atoms with van der Waals surface area (Å²) >= 11 is 0. The van der Waals surface area contributed by atoms with Gasteiger partial charge in [0, 0.05) is 6.54 Å². The lowest BCUT2D eigenvalue weighted by molar-refractivity contribution is -0.135. The van der Waals surface area contributed by atoms with Crippen LogP contribution < -0.4 is 5.32 Å². The maximum absolute atomic E-state index is 11.9. The SMILES string of the molecule is C=CCNC(=O)C(C)(C)C(O)CCCCCCC. The number of unbranched alkanes of at least 4 members (excludes halogenated alkanes) is 4. The summed E-state index contributed by atoms with van der Waals surface area (Å²) in [4.78, 5) is 11.9. The third kappa shape index (κ3) is 6.20. The molecule has 3 heteroatoms. The van der Waals surface area contributed by atoms with E-state index in [1.54, 1.807) is 19.9 Å². The van der Waals surface area contributed by atoms with Gasteiger partial charge in [-0.15, -0.1) is 6.58 Å². The number of carbonyl (C=O) groups excluding carboxylic acids is 1. The fraction of sp³-hybridized carbons (Fsp3) is 0.800. The summed E-state index contributed by atoms with van der Waals surface area (Å²) in [6.45, 7) is 9.78. The van der Waals surface area contributed by atoms with Gasteiger partial charge in [0.2, 0.25) is 5.91 Å². The van der Waals surface area contributed by atoms with Gasteiger partial charge in [0.05, 0.1) is 11.5 Å². The summed E-state index contributed by atoms with van der Waals surface area (Å²) in [5, 5.41) is 12.9. The zero-order valence-corrected chi connectivity index (χ0v) is 12.2. The van der Waals surface area contributed by atoms with E-state index in [4.69, 9.17) is 0 Å². The molecule has 1 amide bonds. The number of nitrogens with one attached hydrogen (secondary N) is 1. The first-order valence-corrected chi connectivity index (χ1v) is 7.04.